The lowest BCUT2D eigenvalue weighted by atomic mass is 9.74. The van der Waals surface area contributed by atoms with Gasteiger partial charge in [-0.2, -0.15) is 0 Å². The van der Waals surface area contributed by atoms with Gasteiger partial charge in [-0.25, -0.2) is 24.0 Å². The van der Waals surface area contributed by atoms with E-state index in [9.17, 15) is 112 Å². The van der Waals surface area contributed by atoms with Crippen LogP contribution in [0.3, 0.4) is 0 Å². The average Bonchev–Trinajstić information content (AvgIpc) is 0.890. The fourth-order valence-corrected chi connectivity index (χ4v) is 11.0. The highest BCUT2D eigenvalue weighted by Gasteiger charge is 2.56. The molecule has 0 amide bonds. The molecule has 0 aromatic heterocycles. The van der Waals surface area contributed by atoms with Crippen LogP contribution < -0.4 is 4.74 Å². The van der Waals surface area contributed by atoms with Crippen LogP contribution in [0.5, 0.6) is 97.7 Å². The lowest BCUT2D eigenvalue weighted by Crippen LogP contribution is -2.60. The maximum atomic E-state index is 15.4. The van der Waals surface area contributed by atoms with Crippen molar-refractivity contribution in [3.8, 4) is 120 Å². The topological polar surface area (TPSA) is 555 Å². The van der Waals surface area contributed by atoms with E-state index < -0.39 is 263 Å². The molecule has 1 fully saturated rings. The Morgan fingerprint density at radius 1 is 0.472 bits per heavy atom. The van der Waals surface area contributed by atoms with Crippen molar-refractivity contribution >= 4 is 40.6 Å². The lowest BCUT2D eigenvalue weighted by molar-refractivity contribution is -0.277. The molecule has 2 bridgehead atoms. The van der Waals surface area contributed by atoms with Crippen LogP contribution in [0, 0.1) is 0 Å². The van der Waals surface area contributed by atoms with Crippen LogP contribution in [0.25, 0.3) is 33.0 Å². The van der Waals surface area contributed by atoms with E-state index in [1.54, 1.807) is 0 Å². The van der Waals surface area contributed by atoms with Gasteiger partial charge in [0, 0.05) is 44.2 Å². The van der Waals surface area contributed by atoms with Crippen LogP contribution in [0.2, 0.25) is 0 Å². The number of esters is 5. The maximum absolute atomic E-state index is 15.4. The number of phenolic OH excluding ortho intramolecular Hbond substituents is 16. The Kier molecular flexibility index (Phi) is 14.3. The highest BCUT2D eigenvalue weighted by atomic mass is 16.7. The molecule has 0 radical (unpaired) electrons. The number of fused-ring (bicyclic) bond motifs is 8. The first kappa shape index (κ1) is 59.3. The molecule has 0 aliphatic carbocycles. The largest absolute Gasteiger partial charge is 0.507 e. The number of aromatic hydroxyl groups is 16. The Morgan fingerprint density at radius 2 is 0.955 bits per heavy atom. The first-order chi connectivity index (χ1) is 42.1. The van der Waals surface area contributed by atoms with Gasteiger partial charge >= 0.3 is 29.8 Å². The quantitative estimate of drug-likeness (QED) is 0.0610. The molecule has 0 unspecified atom stereocenters. The van der Waals surface area contributed by atoms with Gasteiger partial charge in [0.1, 0.15) is 42.5 Å². The highest BCUT2D eigenvalue weighted by molar-refractivity contribution is 6.12. The monoisotopic (exact) mass is 1240 g/mol. The van der Waals surface area contributed by atoms with E-state index in [1.165, 1.54) is 24.3 Å². The number of aliphatic hydroxyl groups is 4. The number of hydrogen-bond acceptors (Lipinski definition) is 32. The molecule has 1 saturated heterocycles. The van der Waals surface area contributed by atoms with Crippen LogP contribution in [0.1, 0.15) is 68.8 Å². The van der Waals surface area contributed by atoms with Crippen molar-refractivity contribution in [2.24, 2.45) is 0 Å². The predicted octanol–water partition coefficient (Wildman–Crippen LogP) is 1.47. The molecule has 4 aliphatic rings. The normalized spacial score (nSPS) is 23.1. The zero-order valence-corrected chi connectivity index (χ0v) is 44.3. The fraction of sp³-hybridized carbons (Fsp3) is 0.211. The third-order valence-electron chi connectivity index (χ3n) is 15.3. The van der Waals surface area contributed by atoms with Gasteiger partial charge in [0.05, 0.1) is 40.3 Å². The van der Waals surface area contributed by atoms with Crippen molar-refractivity contribution < 1.29 is 159 Å². The predicted molar refractivity (Wildman–Crippen MR) is 284 cm³/mol. The first-order valence-corrected chi connectivity index (χ1v) is 25.7. The third-order valence-corrected chi connectivity index (χ3v) is 15.3. The van der Waals surface area contributed by atoms with Crippen molar-refractivity contribution in [3.63, 3.8) is 0 Å². The molecule has 32 nitrogen and oxygen atoms in total. The van der Waals surface area contributed by atoms with E-state index in [2.05, 4.69) is 0 Å². The minimum absolute atomic E-state index is 0.130. The molecule has 4 heterocycles. The molecular formula is C57H44O32. The molecule has 10 atom stereocenters. The van der Waals surface area contributed by atoms with Crippen LogP contribution >= 0.6 is 0 Å². The summed E-state index contributed by atoms with van der Waals surface area (Å²) < 4.78 is 41.1. The van der Waals surface area contributed by atoms with E-state index in [0.29, 0.717) is 30.3 Å². The molecule has 89 heavy (non-hydrogen) atoms. The van der Waals surface area contributed by atoms with E-state index in [4.69, 9.17) is 33.2 Å². The van der Waals surface area contributed by atoms with Gasteiger partial charge in [-0.1, -0.05) is 24.3 Å². The number of carbonyl (C=O) groups is 5. The van der Waals surface area contributed by atoms with Gasteiger partial charge < -0.3 is 135 Å². The summed E-state index contributed by atoms with van der Waals surface area (Å²) in [7, 11) is 0. The molecule has 464 valence electrons. The van der Waals surface area contributed by atoms with Crippen LogP contribution in [-0.2, 0) is 28.4 Å². The van der Waals surface area contributed by atoms with Gasteiger partial charge in [0.25, 0.3) is 0 Å². The zero-order valence-electron chi connectivity index (χ0n) is 44.3. The fourth-order valence-electron chi connectivity index (χ4n) is 11.0. The molecule has 11 rings (SSSR count). The molecule has 20 N–H and O–H groups in total. The summed E-state index contributed by atoms with van der Waals surface area (Å²) in [5, 5.41) is 222. The van der Waals surface area contributed by atoms with Gasteiger partial charge in [0.2, 0.25) is 29.3 Å². The Bertz CT molecular complexity index is 4210. The molecular weight excluding hydrogens is 1200 g/mol. The van der Waals surface area contributed by atoms with Crippen molar-refractivity contribution in [3.05, 3.63) is 99.6 Å². The summed E-state index contributed by atoms with van der Waals surface area (Å²) in [6.07, 6.45) is -21.3. The Labute approximate surface area is 492 Å². The second-order valence-corrected chi connectivity index (χ2v) is 20.4. The minimum Gasteiger partial charge on any atom is -0.507 e. The van der Waals surface area contributed by atoms with Gasteiger partial charge in [0.15, 0.2) is 87.7 Å². The number of aliphatic hydroxyl groups excluding tert-OH is 4. The number of cyclic esters (lactones) is 3. The summed E-state index contributed by atoms with van der Waals surface area (Å²) in [6.45, 7) is -2.60. The van der Waals surface area contributed by atoms with E-state index in [-0.39, 0.29) is 10.8 Å². The first-order valence-electron chi connectivity index (χ1n) is 25.7. The average molecular weight is 1240 g/mol. The Morgan fingerprint density at radius 3 is 1.51 bits per heavy atom. The number of ether oxygens (including phenoxy) is 7. The van der Waals surface area contributed by atoms with Gasteiger partial charge in [-0.05, 0) is 36.4 Å². The Hall–Kier alpha value is -11.5. The van der Waals surface area contributed by atoms with E-state index in [1.807, 2.05) is 0 Å². The summed E-state index contributed by atoms with van der Waals surface area (Å²) in [5.41, 5.74) is -12.4. The summed E-state index contributed by atoms with van der Waals surface area (Å²) in [6, 6.07) is 8.05. The standard InChI is InChI=1S/C57H44O32/c58-11-26-40(69)46(75)48(77)57(86-26)85-25-10-16(35(64)15-4-2-1-3-14(15)25)31-33-34-32(44(73)47(76)45(33)74)30-19(9-24(63)39(68)43(30)72)55(81)89-51(50(31)88-56(34)82)49-27(84-52(78)13-5-20(59)36(65)21(60)6-13)12-83-53(79)17-7-22(61)37(66)41(70)28(17)29-18(54(80)87-49)8-23(62)38(67)42(29)71/h1-10,26-27,31,40,46,48-51,57-77H,11-12H2/t26-,27-,31-,40-,46+,48+,49-,50-,51+,57+/m1/s1. The summed E-state index contributed by atoms with van der Waals surface area (Å²) in [4.78, 5) is 74.8. The van der Waals surface area contributed by atoms with Gasteiger partial charge in [-0.15, -0.1) is 0 Å². The number of phenols is 16. The number of carbonyl (C=O) groups excluding carboxylic acids is 5. The van der Waals surface area contributed by atoms with Crippen LogP contribution in [0.4, 0.5) is 0 Å². The Balaban J connectivity index is 1.24. The second kappa shape index (κ2) is 21.5. The molecule has 32 heteroatoms. The van der Waals surface area contributed by atoms with Crippen molar-refractivity contribution in [2.75, 3.05) is 13.2 Å². The molecule has 0 saturated carbocycles. The lowest BCUT2D eigenvalue weighted by Gasteiger charge is -2.43. The van der Waals surface area contributed by atoms with Crippen molar-refractivity contribution in [1.82, 2.24) is 0 Å². The number of rotatable bonds is 7. The molecule has 4 aliphatic heterocycles. The van der Waals surface area contributed by atoms with Gasteiger partial charge in [-0.3, -0.25) is 0 Å². The van der Waals surface area contributed by atoms with Crippen LogP contribution in [0.15, 0.2) is 60.7 Å². The maximum Gasteiger partial charge on any atom is 0.339 e. The third kappa shape index (κ3) is 9.24. The zero-order chi connectivity index (χ0) is 64.4. The summed E-state index contributed by atoms with van der Waals surface area (Å²) >= 11 is 0. The molecule has 7 aromatic rings. The van der Waals surface area contributed by atoms with E-state index in [0.717, 1.165) is 6.07 Å². The molecule has 7 aromatic carbocycles. The van der Waals surface area contributed by atoms with E-state index >= 15 is 14.4 Å². The highest BCUT2D eigenvalue weighted by Crippen LogP contribution is 2.61. The number of hydrogen-bond donors (Lipinski definition) is 20. The molecule has 0 spiro atoms. The SMILES string of the molecule is O=C(O[C@@H]1COC(=O)c2cc(O)c(O)c(O)c2-c2c(cc(O)c(O)c2O)C(=O)O[C@H]1[C@@H]1OC(=O)c2cc(O)c(O)c(O)c2-c2c(O)c(O)c(O)c3c2C(=O)O[C@@H]1[C@@H]3c1cc(O[C@H]2O[C@H](CO)[C@@H](O)[C@H](O)[C@@H]2O)c2ccccc2c1O)c1cc(O)c(O)c(O)c1. The second-order valence-electron chi connectivity index (χ2n) is 20.4. The number of benzene rings is 7. The minimum atomic E-state index is -2.98. The van der Waals surface area contributed by atoms with Crippen molar-refractivity contribution in [1.29, 1.82) is 0 Å². The van der Waals surface area contributed by atoms with Crippen LogP contribution in [-0.4, -0.2) is 200 Å². The smallest absolute Gasteiger partial charge is 0.339 e. The van der Waals surface area contributed by atoms with Crippen molar-refractivity contribution in [2.45, 2.75) is 61.0 Å². The summed E-state index contributed by atoms with van der Waals surface area (Å²) in [5.74, 6) is -35.0.